The fourth-order valence-electron chi connectivity index (χ4n) is 1.08. The summed E-state index contributed by atoms with van der Waals surface area (Å²) in [5.74, 6) is -1.66. The number of aromatic nitrogens is 2. The topological polar surface area (TPSA) is 124 Å². The maximum absolute atomic E-state index is 11.6. The zero-order chi connectivity index (χ0) is 12.5. The maximum atomic E-state index is 11.6. The van der Waals surface area contributed by atoms with Crippen LogP contribution in [0.5, 0.6) is 0 Å². The van der Waals surface area contributed by atoms with Gasteiger partial charge in [0.05, 0.1) is 0 Å². The first-order valence-corrected chi connectivity index (χ1v) is 5.43. The van der Waals surface area contributed by atoms with E-state index in [1.807, 2.05) is 0 Å². The van der Waals surface area contributed by atoms with Gasteiger partial charge in [0.1, 0.15) is 0 Å². The largest absolute Gasteiger partial charge is 0.403 e. The van der Waals surface area contributed by atoms with E-state index in [0.717, 1.165) is 17.8 Å². The Morgan fingerprint density at radius 3 is 2.62 bits per heavy atom. The van der Waals surface area contributed by atoms with Crippen LogP contribution >= 0.6 is 0 Å². The molecule has 0 aromatic carbocycles. The minimum Gasteiger partial charge on any atom is -0.358 e. The number of aryl methyl sites for hydroxylation is 1. The van der Waals surface area contributed by atoms with Gasteiger partial charge in [0, 0.05) is 14.0 Å². The number of rotatable bonds is 3. The van der Waals surface area contributed by atoms with E-state index in [2.05, 4.69) is 4.98 Å². The van der Waals surface area contributed by atoms with E-state index in [1.54, 1.807) is 4.72 Å². The van der Waals surface area contributed by atoms with Crippen molar-refractivity contribution >= 4 is 21.7 Å². The lowest BCUT2D eigenvalue weighted by molar-refractivity contribution is -0.392. The molecule has 16 heavy (non-hydrogen) atoms. The lowest BCUT2D eigenvalue weighted by Gasteiger charge is -2.03. The molecule has 0 aliphatic carbocycles. The molecule has 88 valence electrons. The summed E-state index contributed by atoms with van der Waals surface area (Å²) in [6.07, 6.45) is 0.979. The van der Waals surface area contributed by atoms with Gasteiger partial charge in [0.15, 0.2) is 0 Å². The van der Waals surface area contributed by atoms with Crippen LogP contribution in [-0.2, 0) is 21.9 Å². The molecule has 1 N–H and O–H groups in total. The third-order valence-electron chi connectivity index (χ3n) is 1.57. The number of nitro groups is 1. The van der Waals surface area contributed by atoms with E-state index in [4.69, 9.17) is 0 Å². The highest BCUT2D eigenvalue weighted by Gasteiger charge is 2.32. The number of hydrogen-bond donors (Lipinski definition) is 1. The lowest BCUT2D eigenvalue weighted by atomic mass is 10.8. The van der Waals surface area contributed by atoms with Gasteiger partial charge in [-0.3, -0.25) is 9.36 Å². The van der Waals surface area contributed by atoms with Crippen molar-refractivity contribution in [1.29, 1.82) is 0 Å². The van der Waals surface area contributed by atoms with Crippen LogP contribution in [0.2, 0.25) is 0 Å². The van der Waals surface area contributed by atoms with Crippen LogP contribution in [0.3, 0.4) is 0 Å². The molecule has 0 bridgehead atoms. The number of nitrogens with one attached hydrogen (secondary N) is 1. The van der Waals surface area contributed by atoms with Gasteiger partial charge in [-0.25, -0.2) is 4.72 Å². The Labute approximate surface area is 90.3 Å². The Hall–Kier alpha value is -1.97. The molecule has 0 aliphatic rings. The lowest BCUT2D eigenvalue weighted by Crippen LogP contribution is -2.30. The summed E-state index contributed by atoms with van der Waals surface area (Å²) in [5.41, 5.74) is 0. The van der Waals surface area contributed by atoms with Gasteiger partial charge in [-0.2, -0.15) is 8.42 Å². The normalized spacial score (nSPS) is 11.1. The average molecular weight is 248 g/mol. The number of nitrogens with zero attached hydrogens (tertiary/aromatic N) is 3. The number of imidazole rings is 1. The molecule has 1 amide bonds. The number of sulfonamides is 1. The van der Waals surface area contributed by atoms with Crippen molar-refractivity contribution < 1.29 is 18.1 Å². The summed E-state index contributed by atoms with van der Waals surface area (Å²) in [7, 11) is -2.99. The molecule has 1 aromatic heterocycles. The smallest absolute Gasteiger partial charge is 0.358 e. The van der Waals surface area contributed by atoms with E-state index in [-0.39, 0.29) is 0 Å². The highest BCUT2D eigenvalue weighted by molar-refractivity contribution is 7.90. The highest BCUT2D eigenvalue weighted by Crippen LogP contribution is 2.20. The zero-order valence-electron chi connectivity index (χ0n) is 8.37. The molecular weight excluding hydrogens is 240 g/mol. The number of carbonyl (C=O) groups excluding carboxylic acids is 1. The molecule has 1 heterocycles. The molecule has 0 atom stereocenters. The van der Waals surface area contributed by atoms with Crippen molar-refractivity contribution in [1.82, 2.24) is 14.3 Å². The molecule has 0 fully saturated rings. The predicted molar refractivity (Wildman–Crippen MR) is 50.9 cm³/mol. The Bertz CT molecular complexity index is 545. The molecule has 0 aliphatic heterocycles. The van der Waals surface area contributed by atoms with E-state index < -0.39 is 31.7 Å². The summed E-state index contributed by atoms with van der Waals surface area (Å²) >= 11 is 0. The fourth-order valence-corrected chi connectivity index (χ4v) is 2.35. The van der Waals surface area contributed by atoms with E-state index in [1.165, 1.54) is 7.05 Å². The minimum absolute atomic E-state index is 0.660. The molecule has 0 radical (unpaired) electrons. The molecular formula is C6H8N4O5S. The molecule has 1 aromatic rings. The van der Waals surface area contributed by atoms with Crippen LogP contribution in [0.25, 0.3) is 0 Å². The van der Waals surface area contributed by atoms with Crippen molar-refractivity contribution in [3.8, 4) is 0 Å². The van der Waals surface area contributed by atoms with Crippen LogP contribution < -0.4 is 4.72 Å². The first-order chi connectivity index (χ1) is 7.25. The number of carbonyl (C=O) groups is 1. The Balaban J connectivity index is 3.37. The monoisotopic (exact) mass is 248 g/mol. The maximum Gasteiger partial charge on any atom is 0.403 e. The van der Waals surface area contributed by atoms with Gasteiger partial charge >= 0.3 is 5.82 Å². The molecule has 10 heteroatoms. The van der Waals surface area contributed by atoms with Crippen molar-refractivity contribution in [2.75, 3.05) is 0 Å². The Morgan fingerprint density at radius 1 is 1.62 bits per heavy atom. The second-order valence-electron chi connectivity index (χ2n) is 2.90. The third kappa shape index (κ3) is 2.16. The predicted octanol–water partition coefficient (Wildman–Crippen LogP) is -0.847. The first kappa shape index (κ1) is 12.1. The van der Waals surface area contributed by atoms with Crippen molar-refractivity contribution in [3.63, 3.8) is 0 Å². The van der Waals surface area contributed by atoms with Gasteiger partial charge in [-0.1, -0.05) is 0 Å². The van der Waals surface area contributed by atoms with Crippen LogP contribution in [0.4, 0.5) is 5.82 Å². The van der Waals surface area contributed by atoms with E-state index in [0.29, 0.717) is 0 Å². The molecule has 0 saturated carbocycles. The average Bonchev–Trinajstić information content (AvgIpc) is 2.44. The van der Waals surface area contributed by atoms with Gasteiger partial charge in [-0.15, -0.1) is 0 Å². The summed E-state index contributed by atoms with van der Waals surface area (Å²) in [6, 6.07) is 0. The van der Waals surface area contributed by atoms with Crippen molar-refractivity contribution in [3.05, 3.63) is 16.4 Å². The highest BCUT2D eigenvalue weighted by atomic mass is 32.2. The number of amides is 1. The van der Waals surface area contributed by atoms with E-state index >= 15 is 0 Å². The Kier molecular flexibility index (Phi) is 2.94. The first-order valence-electron chi connectivity index (χ1n) is 3.95. The second kappa shape index (κ2) is 3.89. The van der Waals surface area contributed by atoms with Gasteiger partial charge in [0.25, 0.3) is 15.0 Å². The second-order valence-corrected chi connectivity index (χ2v) is 4.50. The molecule has 0 spiro atoms. The van der Waals surface area contributed by atoms with Crippen LogP contribution in [0, 0.1) is 10.1 Å². The van der Waals surface area contributed by atoms with Crippen LogP contribution in [-0.4, -0.2) is 28.8 Å². The van der Waals surface area contributed by atoms with Gasteiger partial charge < -0.3 is 10.1 Å². The van der Waals surface area contributed by atoms with Gasteiger partial charge in [-0.05, 0) is 9.91 Å². The summed E-state index contributed by atoms with van der Waals surface area (Å²) in [4.78, 5) is 23.6. The quantitative estimate of drug-likeness (QED) is 0.549. The SMILES string of the molecule is CC(=O)NS(=O)(=O)c1c([N+](=O)[O-])ncn1C. The van der Waals surface area contributed by atoms with Crippen molar-refractivity contribution in [2.24, 2.45) is 7.05 Å². The zero-order valence-corrected chi connectivity index (χ0v) is 9.18. The Morgan fingerprint density at radius 2 is 2.19 bits per heavy atom. The van der Waals surface area contributed by atoms with Crippen LogP contribution in [0.15, 0.2) is 11.4 Å². The molecule has 9 nitrogen and oxygen atoms in total. The minimum atomic E-state index is -4.26. The van der Waals surface area contributed by atoms with Gasteiger partial charge in [0.2, 0.25) is 12.2 Å². The molecule has 1 rings (SSSR count). The fraction of sp³-hybridized carbons (Fsp3) is 0.333. The van der Waals surface area contributed by atoms with E-state index in [9.17, 15) is 23.3 Å². The number of hydrogen-bond acceptors (Lipinski definition) is 6. The summed E-state index contributed by atoms with van der Waals surface area (Å²) in [6.45, 7) is 0.986. The molecule has 0 saturated heterocycles. The summed E-state index contributed by atoms with van der Waals surface area (Å²) < 4.78 is 25.7. The van der Waals surface area contributed by atoms with Crippen molar-refractivity contribution in [2.45, 2.75) is 11.9 Å². The van der Waals surface area contributed by atoms with Crippen LogP contribution in [0.1, 0.15) is 6.92 Å². The summed E-state index contributed by atoms with van der Waals surface area (Å²) in [5, 5.41) is 9.86. The standard InChI is InChI=1S/C6H8N4O5S/c1-4(11)8-16(14,15)6-5(10(12)13)7-3-9(6)2/h3H,1-2H3,(H,8,11). The third-order valence-corrected chi connectivity index (χ3v) is 3.11. The molecule has 0 unspecified atom stereocenters.